The highest BCUT2D eigenvalue weighted by atomic mass is 16.6. The molecule has 2 fully saturated rings. The van der Waals surface area contributed by atoms with Crippen molar-refractivity contribution < 1.29 is 14.3 Å². The van der Waals surface area contributed by atoms with Crippen molar-refractivity contribution in [3.05, 3.63) is 108 Å². The number of esters is 1. The lowest BCUT2D eigenvalue weighted by molar-refractivity contribution is -0.163. The molecule has 0 unspecified atom stereocenters. The van der Waals surface area contributed by atoms with Crippen LogP contribution in [0.4, 0.5) is 0 Å². The van der Waals surface area contributed by atoms with Crippen molar-refractivity contribution in [3.63, 3.8) is 0 Å². The summed E-state index contributed by atoms with van der Waals surface area (Å²) in [5.41, 5.74) is 2.56. The molecule has 4 nitrogen and oxygen atoms in total. The second kappa shape index (κ2) is 9.84. The Bertz CT molecular complexity index is 1070. The van der Waals surface area contributed by atoms with Gasteiger partial charge in [0.25, 0.3) is 5.91 Å². The SMILES string of the molecule is O=C(O[C@H]1C(=O)N(Cc2ccccc2)CC12CCCCC2)C(c1ccccc1)c1ccccc1. The zero-order valence-corrected chi connectivity index (χ0v) is 19.4. The maximum absolute atomic E-state index is 13.7. The third-order valence-corrected chi connectivity index (χ3v) is 7.40. The van der Waals surface area contributed by atoms with Gasteiger partial charge in [0.1, 0.15) is 5.92 Å². The molecule has 1 saturated carbocycles. The fourth-order valence-electron chi connectivity index (χ4n) is 5.70. The van der Waals surface area contributed by atoms with Crippen LogP contribution in [0.3, 0.4) is 0 Å². The first-order valence-electron chi connectivity index (χ1n) is 12.3. The Morgan fingerprint density at radius 1 is 0.824 bits per heavy atom. The number of ether oxygens (including phenoxy) is 1. The number of hydrogen-bond donors (Lipinski definition) is 0. The maximum atomic E-state index is 13.7. The highest BCUT2D eigenvalue weighted by Gasteiger charge is 2.55. The van der Waals surface area contributed by atoms with E-state index in [2.05, 4.69) is 0 Å². The highest BCUT2D eigenvalue weighted by molar-refractivity contribution is 5.89. The van der Waals surface area contributed by atoms with Crippen LogP contribution in [0.15, 0.2) is 91.0 Å². The number of nitrogens with zero attached hydrogens (tertiary/aromatic N) is 1. The molecule has 3 aromatic carbocycles. The molecule has 0 aromatic heterocycles. The van der Waals surface area contributed by atoms with Crippen LogP contribution in [0.25, 0.3) is 0 Å². The second-order valence-corrected chi connectivity index (χ2v) is 9.67. The summed E-state index contributed by atoms with van der Waals surface area (Å²) in [5, 5.41) is 0. The lowest BCUT2D eigenvalue weighted by atomic mass is 9.71. The number of carbonyl (C=O) groups is 2. The summed E-state index contributed by atoms with van der Waals surface area (Å²) in [6, 6.07) is 29.5. The quantitative estimate of drug-likeness (QED) is 0.448. The first-order valence-corrected chi connectivity index (χ1v) is 12.3. The monoisotopic (exact) mass is 453 g/mol. The van der Waals surface area contributed by atoms with Gasteiger partial charge in [-0.1, -0.05) is 110 Å². The van der Waals surface area contributed by atoms with Crippen LogP contribution in [0.2, 0.25) is 0 Å². The van der Waals surface area contributed by atoms with Gasteiger partial charge in [0.2, 0.25) is 0 Å². The molecule has 3 aromatic rings. The lowest BCUT2D eigenvalue weighted by Gasteiger charge is -2.36. The first-order chi connectivity index (χ1) is 16.7. The van der Waals surface area contributed by atoms with E-state index >= 15 is 0 Å². The van der Waals surface area contributed by atoms with Gasteiger partial charge >= 0.3 is 5.97 Å². The summed E-state index contributed by atoms with van der Waals surface area (Å²) in [5.74, 6) is -0.958. The van der Waals surface area contributed by atoms with Crippen LogP contribution >= 0.6 is 0 Å². The normalized spacial score (nSPS) is 19.5. The summed E-state index contributed by atoms with van der Waals surface area (Å²) in [7, 11) is 0. The average Bonchev–Trinajstić information content (AvgIpc) is 3.11. The largest absolute Gasteiger partial charge is 0.451 e. The molecule has 0 radical (unpaired) electrons. The van der Waals surface area contributed by atoms with E-state index in [4.69, 9.17) is 4.74 Å². The van der Waals surface area contributed by atoms with Gasteiger partial charge in [-0.2, -0.15) is 0 Å². The van der Waals surface area contributed by atoms with Gasteiger partial charge in [-0.25, -0.2) is 0 Å². The van der Waals surface area contributed by atoms with Gasteiger partial charge in [-0.3, -0.25) is 9.59 Å². The predicted molar refractivity (Wildman–Crippen MR) is 132 cm³/mol. The molecular formula is C30H31NO3. The van der Waals surface area contributed by atoms with E-state index in [1.165, 1.54) is 6.42 Å². The molecule has 1 spiro atoms. The Hall–Kier alpha value is -3.40. The Morgan fingerprint density at radius 3 is 1.91 bits per heavy atom. The molecule has 2 aliphatic rings. The van der Waals surface area contributed by atoms with E-state index in [9.17, 15) is 9.59 Å². The number of amides is 1. The predicted octanol–water partition coefficient (Wildman–Crippen LogP) is 5.72. The smallest absolute Gasteiger partial charge is 0.318 e. The highest BCUT2D eigenvalue weighted by Crippen LogP contribution is 2.47. The van der Waals surface area contributed by atoms with Crippen molar-refractivity contribution >= 4 is 11.9 Å². The number of carbonyl (C=O) groups excluding carboxylic acids is 2. The molecular weight excluding hydrogens is 422 g/mol. The minimum absolute atomic E-state index is 0.0565. The van der Waals surface area contributed by atoms with Gasteiger partial charge in [-0.05, 0) is 29.5 Å². The Morgan fingerprint density at radius 2 is 1.35 bits per heavy atom. The molecule has 174 valence electrons. The Labute approximate surface area is 201 Å². The average molecular weight is 454 g/mol. The summed E-state index contributed by atoms with van der Waals surface area (Å²) in [6.45, 7) is 1.20. The Kier molecular flexibility index (Phi) is 6.48. The molecule has 0 bridgehead atoms. The van der Waals surface area contributed by atoms with Gasteiger partial charge in [-0.15, -0.1) is 0 Å². The minimum Gasteiger partial charge on any atom is -0.451 e. The molecule has 0 N–H and O–H groups in total. The zero-order valence-electron chi connectivity index (χ0n) is 19.4. The van der Waals surface area contributed by atoms with Crippen molar-refractivity contribution in [1.29, 1.82) is 0 Å². The topological polar surface area (TPSA) is 46.6 Å². The molecule has 34 heavy (non-hydrogen) atoms. The standard InChI is InChI=1S/C30H31NO3/c32-28-27(30(19-11-4-12-20-30)22-31(28)21-23-13-5-1-6-14-23)34-29(33)26(24-15-7-2-8-16-24)25-17-9-3-10-18-25/h1-3,5-10,13-18,26-27H,4,11-12,19-22H2/t27-/m0/s1. The second-order valence-electron chi connectivity index (χ2n) is 9.67. The molecule has 4 heteroatoms. The lowest BCUT2D eigenvalue weighted by Crippen LogP contribution is -2.41. The van der Waals surface area contributed by atoms with Crippen LogP contribution in [-0.2, 0) is 20.9 Å². The molecule has 1 aliphatic heterocycles. The molecule has 1 heterocycles. The van der Waals surface area contributed by atoms with Crippen molar-refractivity contribution in [2.24, 2.45) is 5.41 Å². The fourth-order valence-corrected chi connectivity index (χ4v) is 5.70. The van der Waals surface area contributed by atoms with Crippen molar-refractivity contribution in [1.82, 2.24) is 4.90 Å². The van der Waals surface area contributed by atoms with E-state index in [0.29, 0.717) is 13.1 Å². The van der Waals surface area contributed by atoms with Crippen LogP contribution < -0.4 is 0 Å². The zero-order chi connectivity index (χ0) is 23.4. The summed E-state index contributed by atoms with van der Waals surface area (Å²) in [6.07, 6.45) is 4.43. The van der Waals surface area contributed by atoms with Crippen molar-refractivity contribution in [2.75, 3.05) is 6.54 Å². The first kappa shape index (κ1) is 22.4. The molecule has 1 amide bonds. The van der Waals surface area contributed by atoms with Gasteiger partial charge in [0, 0.05) is 18.5 Å². The summed E-state index contributed by atoms with van der Waals surface area (Å²) < 4.78 is 6.23. The number of rotatable bonds is 6. The summed E-state index contributed by atoms with van der Waals surface area (Å²) in [4.78, 5) is 29.3. The number of benzene rings is 3. The van der Waals surface area contributed by atoms with Crippen LogP contribution in [0.5, 0.6) is 0 Å². The van der Waals surface area contributed by atoms with Crippen molar-refractivity contribution in [2.45, 2.75) is 50.7 Å². The van der Waals surface area contributed by atoms with Gasteiger partial charge in [0.05, 0.1) is 0 Å². The number of hydrogen-bond acceptors (Lipinski definition) is 3. The summed E-state index contributed by atoms with van der Waals surface area (Å²) >= 11 is 0. The van der Waals surface area contributed by atoms with Gasteiger partial charge < -0.3 is 9.64 Å². The van der Waals surface area contributed by atoms with Gasteiger partial charge in [0.15, 0.2) is 6.10 Å². The van der Waals surface area contributed by atoms with Crippen LogP contribution in [0.1, 0.15) is 54.7 Å². The Balaban J connectivity index is 1.44. The third-order valence-electron chi connectivity index (χ3n) is 7.40. The van der Waals surface area contributed by atoms with E-state index < -0.39 is 12.0 Å². The van der Waals surface area contributed by atoms with E-state index in [-0.39, 0.29) is 17.3 Å². The maximum Gasteiger partial charge on any atom is 0.318 e. The van der Waals surface area contributed by atoms with E-state index in [0.717, 1.165) is 42.4 Å². The minimum atomic E-state index is -0.723. The number of likely N-dealkylation sites (tertiary alicyclic amines) is 1. The molecule has 1 atom stereocenters. The van der Waals surface area contributed by atoms with E-state index in [1.807, 2.05) is 95.9 Å². The molecule has 1 saturated heterocycles. The van der Waals surface area contributed by atoms with Crippen molar-refractivity contribution in [3.8, 4) is 0 Å². The third kappa shape index (κ3) is 4.50. The molecule has 5 rings (SSSR count). The molecule has 1 aliphatic carbocycles. The van der Waals surface area contributed by atoms with Crippen LogP contribution in [-0.4, -0.2) is 29.4 Å². The van der Waals surface area contributed by atoms with E-state index in [1.54, 1.807) is 0 Å². The van der Waals surface area contributed by atoms with Crippen LogP contribution in [0, 0.1) is 5.41 Å². The fraction of sp³-hybridized carbons (Fsp3) is 0.333.